The molecule has 0 spiro atoms. The van der Waals surface area contributed by atoms with E-state index in [4.69, 9.17) is 17.3 Å². The molecule has 1 fully saturated rings. The van der Waals surface area contributed by atoms with Crippen LogP contribution >= 0.6 is 11.6 Å². The van der Waals surface area contributed by atoms with Gasteiger partial charge in [0.05, 0.1) is 4.90 Å². The van der Waals surface area contributed by atoms with Crippen LogP contribution < -0.4 is 21.9 Å². The number of unbranched alkanes of at least 4 members (excludes halogenated alkanes) is 1. The number of hydrogen-bond donors (Lipinski definition) is 2. The Morgan fingerprint density at radius 1 is 1.19 bits per heavy atom. The van der Waals surface area contributed by atoms with Gasteiger partial charge < -0.3 is 10.6 Å². The summed E-state index contributed by atoms with van der Waals surface area (Å²) in [6, 6.07) is 5.97. The molecule has 0 aliphatic carbocycles. The summed E-state index contributed by atoms with van der Waals surface area (Å²) in [6.45, 7) is 6.71. The SMILES string of the molecule is CCCCN(C(=O)C1CCN(S(=O)(=O)c2ccc(Cl)cc2)CC1)c1c(N)n(CC(C)C)c(=O)[nH]c1=O. The zero-order chi connectivity index (χ0) is 26.6. The number of benzene rings is 1. The van der Waals surface area contributed by atoms with Crippen molar-refractivity contribution < 1.29 is 13.2 Å². The third-order valence-electron chi connectivity index (χ3n) is 6.29. The van der Waals surface area contributed by atoms with Crippen LogP contribution in [0.3, 0.4) is 0 Å². The summed E-state index contributed by atoms with van der Waals surface area (Å²) < 4.78 is 28.7. The van der Waals surface area contributed by atoms with Crippen molar-refractivity contribution in [1.82, 2.24) is 13.9 Å². The fourth-order valence-electron chi connectivity index (χ4n) is 4.35. The van der Waals surface area contributed by atoms with E-state index < -0.39 is 27.2 Å². The Morgan fingerprint density at radius 3 is 2.36 bits per heavy atom. The van der Waals surface area contributed by atoms with Gasteiger partial charge in [-0.3, -0.25) is 19.1 Å². The van der Waals surface area contributed by atoms with Gasteiger partial charge in [-0.2, -0.15) is 4.31 Å². The number of nitrogens with one attached hydrogen (secondary N) is 1. The second-order valence-electron chi connectivity index (χ2n) is 9.47. The first-order valence-corrected chi connectivity index (χ1v) is 14.0. The summed E-state index contributed by atoms with van der Waals surface area (Å²) in [5.41, 5.74) is 4.94. The molecular formula is C24H34ClN5O5S. The van der Waals surface area contributed by atoms with Crippen LogP contribution in [-0.4, -0.2) is 47.8 Å². The number of halogens is 1. The summed E-state index contributed by atoms with van der Waals surface area (Å²) in [7, 11) is -3.71. The molecular weight excluding hydrogens is 506 g/mol. The molecule has 1 amide bonds. The Balaban J connectivity index is 1.85. The average Bonchev–Trinajstić information content (AvgIpc) is 2.83. The Hall–Kier alpha value is -2.63. The van der Waals surface area contributed by atoms with E-state index in [1.54, 1.807) is 0 Å². The standard InChI is InChI=1S/C24H34ClN5O5S/c1-4-5-12-29(20-21(26)30(15-16(2)3)24(33)27-22(20)31)23(32)17-10-13-28(14-11-17)36(34,35)19-8-6-18(25)7-9-19/h6-9,16-17H,4-5,10-15,26H2,1-3H3,(H,27,31,33). The molecule has 2 aromatic rings. The van der Waals surface area contributed by atoms with Gasteiger partial charge in [0.15, 0.2) is 5.69 Å². The van der Waals surface area contributed by atoms with Crippen LogP contribution in [-0.2, 0) is 21.4 Å². The normalized spacial score (nSPS) is 15.4. The number of nitrogens with zero attached hydrogens (tertiary/aromatic N) is 3. The van der Waals surface area contributed by atoms with Gasteiger partial charge in [0, 0.05) is 37.1 Å². The van der Waals surface area contributed by atoms with Crippen LogP contribution in [0.4, 0.5) is 11.5 Å². The van der Waals surface area contributed by atoms with Crippen molar-refractivity contribution in [2.75, 3.05) is 30.3 Å². The number of nitrogens with two attached hydrogens (primary N) is 1. The molecule has 198 valence electrons. The smallest absolute Gasteiger partial charge is 0.330 e. The van der Waals surface area contributed by atoms with E-state index in [0.717, 1.165) is 6.42 Å². The van der Waals surface area contributed by atoms with E-state index in [0.29, 0.717) is 30.8 Å². The number of carbonyl (C=O) groups is 1. The zero-order valence-corrected chi connectivity index (χ0v) is 22.4. The van der Waals surface area contributed by atoms with E-state index in [-0.39, 0.29) is 47.9 Å². The lowest BCUT2D eigenvalue weighted by atomic mass is 9.96. The number of amides is 1. The van der Waals surface area contributed by atoms with Crippen LogP contribution in [0.15, 0.2) is 38.8 Å². The van der Waals surface area contributed by atoms with E-state index in [1.807, 2.05) is 20.8 Å². The minimum absolute atomic E-state index is 0.0232. The number of piperidine rings is 1. The van der Waals surface area contributed by atoms with E-state index in [9.17, 15) is 22.8 Å². The first kappa shape index (κ1) is 27.9. The van der Waals surface area contributed by atoms with Gasteiger partial charge in [0.1, 0.15) is 5.82 Å². The summed E-state index contributed by atoms with van der Waals surface area (Å²) in [4.78, 5) is 42.7. The van der Waals surface area contributed by atoms with Crippen LogP contribution in [0.25, 0.3) is 0 Å². The summed E-state index contributed by atoms with van der Waals surface area (Å²) >= 11 is 5.88. The molecule has 0 bridgehead atoms. The Morgan fingerprint density at radius 2 is 1.81 bits per heavy atom. The molecule has 0 atom stereocenters. The van der Waals surface area contributed by atoms with Crippen molar-refractivity contribution in [3.05, 3.63) is 50.1 Å². The van der Waals surface area contributed by atoms with Crippen molar-refractivity contribution in [2.24, 2.45) is 11.8 Å². The van der Waals surface area contributed by atoms with Crippen molar-refractivity contribution in [3.63, 3.8) is 0 Å². The molecule has 3 N–H and O–H groups in total. The topological polar surface area (TPSA) is 139 Å². The molecule has 1 aliphatic rings. The molecule has 0 radical (unpaired) electrons. The first-order chi connectivity index (χ1) is 17.0. The number of aromatic nitrogens is 2. The molecule has 0 unspecified atom stereocenters. The van der Waals surface area contributed by atoms with Gasteiger partial charge >= 0.3 is 5.69 Å². The monoisotopic (exact) mass is 539 g/mol. The average molecular weight is 540 g/mol. The number of hydrogen-bond acceptors (Lipinski definition) is 6. The van der Waals surface area contributed by atoms with Crippen LogP contribution in [0, 0.1) is 11.8 Å². The number of nitrogen functional groups attached to an aromatic ring is 1. The lowest BCUT2D eigenvalue weighted by Crippen LogP contribution is -2.47. The number of sulfonamides is 1. The van der Waals surface area contributed by atoms with Gasteiger partial charge in [-0.1, -0.05) is 38.8 Å². The Labute approximate surface area is 216 Å². The maximum Gasteiger partial charge on any atom is 0.330 e. The maximum absolute atomic E-state index is 13.6. The third-order valence-corrected chi connectivity index (χ3v) is 8.45. The van der Waals surface area contributed by atoms with Crippen LogP contribution in [0.1, 0.15) is 46.5 Å². The number of rotatable bonds is 9. The molecule has 2 heterocycles. The molecule has 1 aromatic carbocycles. The highest BCUT2D eigenvalue weighted by Gasteiger charge is 2.35. The fourth-order valence-corrected chi connectivity index (χ4v) is 5.95. The van der Waals surface area contributed by atoms with Gasteiger partial charge in [-0.05, 0) is 49.4 Å². The maximum atomic E-state index is 13.6. The zero-order valence-electron chi connectivity index (χ0n) is 20.9. The quantitative estimate of drug-likeness (QED) is 0.502. The highest BCUT2D eigenvalue weighted by atomic mass is 35.5. The van der Waals surface area contributed by atoms with Gasteiger partial charge in [0.2, 0.25) is 15.9 Å². The van der Waals surface area contributed by atoms with Crippen molar-refractivity contribution in [3.8, 4) is 0 Å². The highest BCUT2D eigenvalue weighted by Crippen LogP contribution is 2.28. The predicted molar refractivity (Wildman–Crippen MR) is 141 cm³/mol. The fraction of sp³-hybridized carbons (Fsp3) is 0.542. The van der Waals surface area contributed by atoms with Crippen molar-refractivity contribution in [1.29, 1.82) is 0 Å². The van der Waals surface area contributed by atoms with Crippen LogP contribution in [0.5, 0.6) is 0 Å². The molecule has 36 heavy (non-hydrogen) atoms. The van der Waals surface area contributed by atoms with Crippen molar-refractivity contribution >= 4 is 39.0 Å². The van der Waals surface area contributed by atoms with E-state index >= 15 is 0 Å². The Kier molecular flexibility index (Phi) is 9.02. The molecule has 12 heteroatoms. The van der Waals surface area contributed by atoms with Gasteiger partial charge in [-0.25, -0.2) is 13.2 Å². The minimum Gasteiger partial charge on any atom is -0.383 e. The largest absolute Gasteiger partial charge is 0.383 e. The van der Waals surface area contributed by atoms with Gasteiger partial charge in [-0.15, -0.1) is 0 Å². The predicted octanol–water partition coefficient (Wildman–Crippen LogP) is 2.66. The third kappa shape index (κ3) is 6.01. The second-order valence-corrected chi connectivity index (χ2v) is 11.8. The molecule has 0 saturated carbocycles. The minimum atomic E-state index is -3.71. The summed E-state index contributed by atoms with van der Waals surface area (Å²) in [5, 5.41) is 0.444. The Bertz CT molecular complexity index is 1300. The number of anilines is 2. The van der Waals surface area contributed by atoms with Crippen LogP contribution in [0.2, 0.25) is 5.02 Å². The molecule has 1 aromatic heterocycles. The second kappa shape index (κ2) is 11.6. The lowest BCUT2D eigenvalue weighted by Gasteiger charge is -2.34. The van der Waals surface area contributed by atoms with E-state index in [2.05, 4.69) is 4.98 Å². The number of carbonyl (C=O) groups excluding carboxylic acids is 1. The highest BCUT2D eigenvalue weighted by molar-refractivity contribution is 7.89. The summed E-state index contributed by atoms with van der Waals surface area (Å²) in [5.74, 6) is -0.721. The van der Waals surface area contributed by atoms with E-state index in [1.165, 1.54) is 38.0 Å². The molecule has 1 aliphatic heterocycles. The van der Waals surface area contributed by atoms with Crippen molar-refractivity contribution in [2.45, 2.75) is 57.9 Å². The number of aromatic amines is 1. The first-order valence-electron chi connectivity index (χ1n) is 12.2. The number of H-pyrrole nitrogens is 1. The molecule has 1 saturated heterocycles. The lowest BCUT2D eigenvalue weighted by molar-refractivity contribution is -0.123. The molecule has 10 nitrogen and oxygen atoms in total. The summed E-state index contributed by atoms with van der Waals surface area (Å²) in [6.07, 6.45) is 2.03. The molecule has 3 rings (SSSR count). The van der Waals surface area contributed by atoms with Gasteiger partial charge in [0.25, 0.3) is 5.56 Å².